The van der Waals surface area contributed by atoms with Crippen molar-refractivity contribution in [2.24, 2.45) is 5.92 Å². The highest BCUT2D eigenvalue weighted by molar-refractivity contribution is 5.78. The number of carboxylic acid groups (broad SMARTS) is 1. The second kappa shape index (κ2) is 11.5. The zero-order valence-electron chi connectivity index (χ0n) is 15.5. The van der Waals surface area contributed by atoms with Gasteiger partial charge in [-0.3, -0.25) is 9.59 Å². The standard InChI is InChI=1S/C20H32N2O3/c1-15(9-7-5-3-4-6-8-10-19(23)24)20(25)22-16(2)17-11-13-18(21)14-12-17/h11-16H,3-10,21H2,1-2H3,(H,22,25)(H,23,24)/t15?,16-/m0/s1. The lowest BCUT2D eigenvalue weighted by Crippen LogP contribution is -2.31. The molecule has 0 saturated carbocycles. The van der Waals surface area contributed by atoms with Crippen LogP contribution in [-0.4, -0.2) is 17.0 Å². The second-order valence-corrected chi connectivity index (χ2v) is 6.85. The smallest absolute Gasteiger partial charge is 0.303 e. The van der Waals surface area contributed by atoms with Gasteiger partial charge in [-0.1, -0.05) is 51.2 Å². The summed E-state index contributed by atoms with van der Waals surface area (Å²) in [5.41, 5.74) is 7.46. The molecule has 2 atom stereocenters. The number of hydrogen-bond donors (Lipinski definition) is 3. The van der Waals surface area contributed by atoms with Gasteiger partial charge in [-0.2, -0.15) is 0 Å². The third kappa shape index (κ3) is 9.13. The van der Waals surface area contributed by atoms with Crippen LogP contribution in [0.25, 0.3) is 0 Å². The van der Waals surface area contributed by atoms with Crippen molar-refractivity contribution in [1.82, 2.24) is 5.32 Å². The minimum Gasteiger partial charge on any atom is -0.481 e. The SMILES string of the molecule is CC(CCCCCCCCC(=O)O)C(=O)N[C@@H](C)c1ccc(N)cc1. The first-order valence-corrected chi connectivity index (χ1v) is 9.27. The van der Waals surface area contributed by atoms with Gasteiger partial charge in [0.05, 0.1) is 6.04 Å². The Morgan fingerprint density at radius 3 is 2.16 bits per heavy atom. The van der Waals surface area contributed by atoms with Crippen LogP contribution in [0.1, 0.15) is 76.8 Å². The maximum Gasteiger partial charge on any atom is 0.303 e. The van der Waals surface area contributed by atoms with Crippen LogP contribution in [-0.2, 0) is 9.59 Å². The predicted octanol–water partition coefficient (Wildman–Crippen LogP) is 4.29. The Morgan fingerprint density at radius 1 is 1.00 bits per heavy atom. The van der Waals surface area contributed by atoms with Crippen molar-refractivity contribution in [3.8, 4) is 0 Å². The fourth-order valence-corrected chi connectivity index (χ4v) is 2.79. The van der Waals surface area contributed by atoms with Gasteiger partial charge >= 0.3 is 5.97 Å². The van der Waals surface area contributed by atoms with E-state index in [-0.39, 0.29) is 24.3 Å². The molecule has 1 unspecified atom stereocenters. The summed E-state index contributed by atoms with van der Waals surface area (Å²) in [4.78, 5) is 22.7. The van der Waals surface area contributed by atoms with E-state index in [0.29, 0.717) is 0 Å². The average molecular weight is 348 g/mol. The molecule has 5 heteroatoms. The normalized spacial score (nSPS) is 13.2. The molecule has 1 amide bonds. The van der Waals surface area contributed by atoms with Crippen LogP contribution in [0.15, 0.2) is 24.3 Å². The molecular weight excluding hydrogens is 316 g/mol. The monoisotopic (exact) mass is 348 g/mol. The van der Waals surface area contributed by atoms with E-state index in [1.807, 2.05) is 38.1 Å². The lowest BCUT2D eigenvalue weighted by Gasteiger charge is -2.18. The quantitative estimate of drug-likeness (QED) is 0.388. The molecule has 0 aliphatic carbocycles. The van der Waals surface area contributed by atoms with Crippen molar-refractivity contribution in [3.05, 3.63) is 29.8 Å². The zero-order chi connectivity index (χ0) is 18.7. The Kier molecular flexibility index (Phi) is 9.66. The predicted molar refractivity (Wildman–Crippen MR) is 101 cm³/mol. The van der Waals surface area contributed by atoms with Crippen molar-refractivity contribution in [2.75, 3.05) is 5.73 Å². The maximum absolute atomic E-state index is 12.3. The van der Waals surface area contributed by atoms with Gasteiger partial charge in [0, 0.05) is 18.0 Å². The van der Waals surface area contributed by atoms with Gasteiger partial charge in [-0.25, -0.2) is 0 Å². The highest BCUT2D eigenvalue weighted by Gasteiger charge is 2.15. The van der Waals surface area contributed by atoms with E-state index in [2.05, 4.69) is 5.32 Å². The van der Waals surface area contributed by atoms with Crippen LogP contribution < -0.4 is 11.1 Å². The molecule has 0 heterocycles. The molecule has 0 radical (unpaired) electrons. The molecule has 0 saturated heterocycles. The molecule has 0 aliphatic rings. The largest absolute Gasteiger partial charge is 0.481 e. The van der Waals surface area contributed by atoms with Gasteiger partial charge in [0.1, 0.15) is 0 Å². The van der Waals surface area contributed by atoms with E-state index in [4.69, 9.17) is 10.8 Å². The first kappa shape index (κ1) is 21.0. The number of rotatable bonds is 12. The van der Waals surface area contributed by atoms with E-state index < -0.39 is 5.97 Å². The lowest BCUT2D eigenvalue weighted by atomic mass is 10.00. The van der Waals surface area contributed by atoms with E-state index in [9.17, 15) is 9.59 Å². The molecule has 0 aromatic heterocycles. The number of aliphatic carboxylic acids is 1. The van der Waals surface area contributed by atoms with Gasteiger partial charge in [-0.15, -0.1) is 0 Å². The van der Waals surface area contributed by atoms with Crippen LogP contribution in [0.4, 0.5) is 5.69 Å². The minimum absolute atomic E-state index is 0.00300. The fraction of sp³-hybridized carbons (Fsp3) is 0.600. The summed E-state index contributed by atoms with van der Waals surface area (Å²) >= 11 is 0. The average Bonchev–Trinajstić information content (AvgIpc) is 2.57. The molecule has 25 heavy (non-hydrogen) atoms. The number of carbonyl (C=O) groups excluding carboxylic acids is 1. The number of amides is 1. The summed E-state index contributed by atoms with van der Waals surface area (Å²) in [5, 5.41) is 11.6. The van der Waals surface area contributed by atoms with E-state index >= 15 is 0 Å². The van der Waals surface area contributed by atoms with Gasteiger partial charge in [0.15, 0.2) is 0 Å². The van der Waals surface area contributed by atoms with E-state index in [0.717, 1.165) is 56.2 Å². The Labute approximate surface area is 151 Å². The van der Waals surface area contributed by atoms with Gasteiger partial charge in [0.25, 0.3) is 0 Å². The number of nitrogens with one attached hydrogen (secondary N) is 1. The third-order valence-corrected chi connectivity index (χ3v) is 4.52. The summed E-state index contributed by atoms with van der Waals surface area (Å²) in [6.45, 7) is 3.95. The molecule has 0 spiro atoms. The summed E-state index contributed by atoms with van der Waals surface area (Å²) in [6, 6.07) is 7.55. The molecule has 0 aliphatic heterocycles. The van der Waals surface area contributed by atoms with Crippen LogP contribution in [0.5, 0.6) is 0 Å². The Morgan fingerprint density at radius 2 is 1.56 bits per heavy atom. The molecule has 140 valence electrons. The van der Waals surface area contributed by atoms with Crippen molar-refractivity contribution in [2.45, 2.75) is 71.3 Å². The van der Waals surface area contributed by atoms with Crippen molar-refractivity contribution < 1.29 is 14.7 Å². The van der Waals surface area contributed by atoms with E-state index in [1.54, 1.807) is 0 Å². The molecule has 1 aromatic rings. The molecular formula is C20H32N2O3. The third-order valence-electron chi connectivity index (χ3n) is 4.52. The molecule has 4 N–H and O–H groups in total. The molecule has 0 bridgehead atoms. The number of carboxylic acids is 1. The van der Waals surface area contributed by atoms with Crippen LogP contribution in [0.3, 0.4) is 0 Å². The van der Waals surface area contributed by atoms with Crippen LogP contribution in [0, 0.1) is 5.92 Å². The number of nitrogen functional groups attached to an aromatic ring is 1. The fourth-order valence-electron chi connectivity index (χ4n) is 2.79. The highest BCUT2D eigenvalue weighted by atomic mass is 16.4. The number of hydrogen-bond acceptors (Lipinski definition) is 3. The highest BCUT2D eigenvalue weighted by Crippen LogP contribution is 2.17. The van der Waals surface area contributed by atoms with Crippen LogP contribution in [0.2, 0.25) is 0 Å². The Balaban J connectivity index is 2.15. The maximum atomic E-state index is 12.3. The van der Waals surface area contributed by atoms with Crippen molar-refractivity contribution in [1.29, 1.82) is 0 Å². The Bertz CT molecular complexity index is 528. The second-order valence-electron chi connectivity index (χ2n) is 6.85. The Hall–Kier alpha value is -2.04. The molecule has 0 fully saturated rings. The number of nitrogens with two attached hydrogens (primary N) is 1. The summed E-state index contributed by atoms with van der Waals surface area (Å²) in [5.74, 6) is -0.623. The summed E-state index contributed by atoms with van der Waals surface area (Å²) in [7, 11) is 0. The van der Waals surface area contributed by atoms with Crippen LogP contribution >= 0.6 is 0 Å². The summed E-state index contributed by atoms with van der Waals surface area (Å²) in [6.07, 6.45) is 7.19. The van der Waals surface area contributed by atoms with E-state index in [1.165, 1.54) is 0 Å². The number of benzene rings is 1. The number of carbonyl (C=O) groups is 2. The van der Waals surface area contributed by atoms with Gasteiger partial charge < -0.3 is 16.2 Å². The van der Waals surface area contributed by atoms with Crippen molar-refractivity contribution in [3.63, 3.8) is 0 Å². The zero-order valence-corrected chi connectivity index (χ0v) is 15.5. The van der Waals surface area contributed by atoms with Gasteiger partial charge in [0.2, 0.25) is 5.91 Å². The number of anilines is 1. The number of unbranched alkanes of at least 4 members (excludes halogenated alkanes) is 5. The lowest BCUT2D eigenvalue weighted by molar-refractivity contribution is -0.137. The first-order chi connectivity index (χ1) is 11.9. The molecule has 5 nitrogen and oxygen atoms in total. The first-order valence-electron chi connectivity index (χ1n) is 9.27. The molecule has 1 rings (SSSR count). The summed E-state index contributed by atoms with van der Waals surface area (Å²) < 4.78 is 0. The van der Waals surface area contributed by atoms with Crippen molar-refractivity contribution >= 4 is 17.6 Å². The molecule has 1 aromatic carbocycles. The van der Waals surface area contributed by atoms with Gasteiger partial charge in [-0.05, 0) is 37.5 Å². The minimum atomic E-state index is -0.715. The topological polar surface area (TPSA) is 92.4 Å².